The summed E-state index contributed by atoms with van der Waals surface area (Å²) < 4.78 is 40.9. The highest BCUT2D eigenvalue weighted by molar-refractivity contribution is 7.89. The molecule has 1 saturated heterocycles. The van der Waals surface area contributed by atoms with Crippen LogP contribution in [-0.2, 0) is 21.3 Å². The summed E-state index contributed by atoms with van der Waals surface area (Å²) in [6, 6.07) is 5.69. The zero-order valence-corrected chi connectivity index (χ0v) is 18.4. The van der Waals surface area contributed by atoms with Gasteiger partial charge in [0.05, 0.1) is 42.6 Å². The second-order valence-electron chi connectivity index (χ2n) is 7.81. The van der Waals surface area contributed by atoms with Crippen molar-refractivity contribution in [3.63, 3.8) is 0 Å². The van der Waals surface area contributed by atoms with Crippen molar-refractivity contribution in [2.45, 2.75) is 68.7 Å². The Kier molecular flexibility index (Phi) is 7.45. The molecule has 2 heterocycles. The largest absolute Gasteiger partial charge is 0.497 e. The first-order valence-electron chi connectivity index (χ1n) is 10.1. The summed E-state index contributed by atoms with van der Waals surface area (Å²) in [5, 5.41) is 18.0. The molecule has 1 aliphatic rings. The molecule has 3 rings (SSSR count). The molecule has 0 saturated carbocycles. The Hall–Kier alpha value is -2.01. The molecule has 30 heavy (non-hydrogen) atoms. The minimum Gasteiger partial charge on any atom is -0.497 e. The fourth-order valence-corrected chi connectivity index (χ4v) is 4.76. The number of rotatable bonds is 9. The highest BCUT2D eigenvalue weighted by Crippen LogP contribution is 2.24. The second-order valence-corrected chi connectivity index (χ2v) is 9.52. The van der Waals surface area contributed by atoms with Gasteiger partial charge in [0.2, 0.25) is 10.0 Å². The van der Waals surface area contributed by atoms with Gasteiger partial charge >= 0.3 is 0 Å². The van der Waals surface area contributed by atoms with Gasteiger partial charge in [-0.2, -0.15) is 0 Å². The number of methoxy groups -OCH3 is 1. The molecular formula is C20H30N4O5S. The van der Waals surface area contributed by atoms with E-state index in [1.807, 2.05) is 6.20 Å². The van der Waals surface area contributed by atoms with Crippen molar-refractivity contribution in [3.8, 4) is 5.75 Å². The van der Waals surface area contributed by atoms with Crippen molar-refractivity contribution < 1.29 is 23.0 Å². The number of aliphatic hydroxyl groups excluding tert-OH is 1. The zero-order valence-electron chi connectivity index (χ0n) is 17.6. The van der Waals surface area contributed by atoms with Crippen molar-refractivity contribution in [2.75, 3.05) is 13.7 Å². The van der Waals surface area contributed by atoms with Crippen LogP contribution in [0.4, 0.5) is 0 Å². The summed E-state index contributed by atoms with van der Waals surface area (Å²) in [5.74, 6) is 0.904. The van der Waals surface area contributed by atoms with Crippen LogP contribution in [0.3, 0.4) is 0 Å². The van der Waals surface area contributed by atoms with E-state index in [9.17, 15) is 13.5 Å². The molecule has 0 aliphatic carbocycles. The van der Waals surface area contributed by atoms with Crippen molar-refractivity contribution in [2.24, 2.45) is 0 Å². The Morgan fingerprint density at radius 2 is 2.03 bits per heavy atom. The van der Waals surface area contributed by atoms with Gasteiger partial charge in [-0.3, -0.25) is 4.68 Å². The molecule has 2 aromatic rings. The standard InChI is InChI=1S/C20H30N4O5S/c1-14(2)19-12-24(23-21-19)11-10-16-6-9-18(20(13-25)29-16)22-30(26,27)17-7-4-15(28-3)5-8-17/h4-5,7-8,12,14,16,18,20,22,25H,6,9-11,13H2,1-3H3/t16-,18+,20-/m1/s1. The fourth-order valence-electron chi connectivity index (χ4n) is 3.46. The number of sulfonamides is 1. The molecular weight excluding hydrogens is 408 g/mol. The number of hydrogen-bond acceptors (Lipinski definition) is 7. The molecule has 1 fully saturated rings. The molecule has 3 atom stereocenters. The maximum absolute atomic E-state index is 12.7. The number of aryl methyl sites for hydroxylation is 1. The van der Waals surface area contributed by atoms with Gasteiger partial charge in [0.15, 0.2) is 0 Å². The normalized spacial score (nSPS) is 22.4. The van der Waals surface area contributed by atoms with Gasteiger partial charge in [0.25, 0.3) is 0 Å². The summed E-state index contributed by atoms with van der Waals surface area (Å²) in [7, 11) is -2.20. The Balaban J connectivity index is 1.56. The van der Waals surface area contributed by atoms with Gasteiger partial charge in [0.1, 0.15) is 5.75 Å². The SMILES string of the molecule is COc1ccc(S(=O)(=O)N[C@H]2CC[C@H](CCn3cc(C(C)C)nn3)O[C@@H]2CO)cc1. The molecule has 2 N–H and O–H groups in total. The Morgan fingerprint density at radius 3 is 2.63 bits per heavy atom. The van der Waals surface area contributed by atoms with Crippen LogP contribution in [0.25, 0.3) is 0 Å². The third kappa shape index (κ3) is 5.57. The third-order valence-electron chi connectivity index (χ3n) is 5.30. The summed E-state index contributed by atoms with van der Waals surface area (Å²) in [6.45, 7) is 4.53. The zero-order chi connectivity index (χ0) is 21.7. The van der Waals surface area contributed by atoms with Gasteiger partial charge in [-0.15, -0.1) is 5.10 Å². The van der Waals surface area contributed by atoms with Crippen molar-refractivity contribution in [1.82, 2.24) is 19.7 Å². The number of benzene rings is 1. The van der Waals surface area contributed by atoms with Crippen LogP contribution in [0.2, 0.25) is 0 Å². The van der Waals surface area contributed by atoms with E-state index in [-0.39, 0.29) is 17.6 Å². The molecule has 0 spiro atoms. The van der Waals surface area contributed by atoms with Crippen molar-refractivity contribution in [1.29, 1.82) is 0 Å². The van der Waals surface area contributed by atoms with Gasteiger partial charge < -0.3 is 14.6 Å². The monoisotopic (exact) mass is 438 g/mol. The molecule has 0 unspecified atom stereocenters. The van der Waals surface area contributed by atoms with E-state index in [0.717, 1.165) is 12.1 Å². The summed E-state index contributed by atoms with van der Waals surface area (Å²) in [6.07, 6.45) is 3.25. The third-order valence-corrected chi connectivity index (χ3v) is 6.81. The highest BCUT2D eigenvalue weighted by atomic mass is 32.2. The predicted molar refractivity (Wildman–Crippen MR) is 111 cm³/mol. The molecule has 10 heteroatoms. The van der Waals surface area contributed by atoms with Gasteiger partial charge in [-0.05, 0) is 49.4 Å². The molecule has 9 nitrogen and oxygen atoms in total. The van der Waals surface area contributed by atoms with Gasteiger partial charge in [0, 0.05) is 12.7 Å². The quantitative estimate of drug-likeness (QED) is 0.612. The van der Waals surface area contributed by atoms with E-state index in [2.05, 4.69) is 28.9 Å². The number of hydrogen-bond donors (Lipinski definition) is 2. The first-order chi connectivity index (χ1) is 14.3. The smallest absolute Gasteiger partial charge is 0.240 e. The molecule has 1 aromatic heterocycles. The minimum atomic E-state index is -3.73. The van der Waals surface area contributed by atoms with Gasteiger partial charge in [-0.1, -0.05) is 19.1 Å². The molecule has 0 radical (unpaired) electrons. The van der Waals surface area contributed by atoms with Crippen molar-refractivity contribution in [3.05, 3.63) is 36.2 Å². The van der Waals surface area contributed by atoms with Crippen molar-refractivity contribution >= 4 is 10.0 Å². The van der Waals surface area contributed by atoms with E-state index in [1.54, 1.807) is 16.8 Å². The van der Waals surface area contributed by atoms with E-state index in [1.165, 1.54) is 19.2 Å². The maximum atomic E-state index is 12.7. The Labute approximate surface area is 177 Å². The summed E-state index contributed by atoms with van der Waals surface area (Å²) in [4.78, 5) is 0.147. The van der Waals surface area contributed by atoms with Crippen LogP contribution < -0.4 is 9.46 Å². The topological polar surface area (TPSA) is 116 Å². The number of nitrogens with zero attached hydrogens (tertiary/aromatic N) is 3. The number of aromatic nitrogens is 3. The summed E-state index contributed by atoms with van der Waals surface area (Å²) in [5.41, 5.74) is 0.945. The molecule has 0 bridgehead atoms. The lowest BCUT2D eigenvalue weighted by Crippen LogP contribution is -2.50. The number of ether oxygens (including phenoxy) is 2. The van der Waals surface area contributed by atoms with Crippen LogP contribution >= 0.6 is 0 Å². The lowest BCUT2D eigenvalue weighted by molar-refractivity contribution is -0.0891. The average molecular weight is 439 g/mol. The van der Waals surface area contributed by atoms with E-state index >= 15 is 0 Å². The fraction of sp³-hybridized carbons (Fsp3) is 0.600. The van der Waals surface area contributed by atoms with Crippen LogP contribution in [0, 0.1) is 0 Å². The second kappa shape index (κ2) is 9.86. The number of nitrogens with one attached hydrogen (secondary N) is 1. The maximum Gasteiger partial charge on any atom is 0.240 e. The Morgan fingerprint density at radius 1 is 1.30 bits per heavy atom. The lowest BCUT2D eigenvalue weighted by atomic mass is 9.98. The van der Waals surface area contributed by atoms with Gasteiger partial charge in [-0.25, -0.2) is 13.1 Å². The van der Waals surface area contributed by atoms with Crippen LogP contribution in [0.15, 0.2) is 35.4 Å². The van der Waals surface area contributed by atoms with Crippen LogP contribution in [0.1, 0.15) is 44.7 Å². The predicted octanol–water partition coefficient (Wildman–Crippen LogP) is 1.69. The van der Waals surface area contributed by atoms with Crippen LogP contribution in [0.5, 0.6) is 5.75 Å². The molecule has 1 aliphatic heterocycles. The van der Waals surface area contributed by atoms with E-state index in [4.69, 9.17) is 9.47 Å². The highest BCUT2D eigenvalue weighted by Gasteiger charge is 2.34. The number of aliphatic hydroxyl groups is 1. The minimum absolute atomic E-state index is 0.0735. The first-order valence-corrected chi connectivity index (χ1v) is 11.6. The summed E-state index contributed by atoms with van der Waals surface area (Å²) >= 11 is 0. The average Bonchev–Trinajstić information content (AvgIpc) is 3.22. The first kappa shape index (κ1) is 22.7. The Bertz CT molecular complexity index is 914. The van der Waals surface area contributed by atoms with E-state index < -0.39 is 22.2 Å². The molecule has 1 aromatic carbocycles. The van der Waals surface area contributed by atoms with Crippen LogP contribution in [-0.4, -0.2) is 60.5 Å². The lowest BCUT2D eigenvalue weighted by Gasteiger charge is -2.36. The molecule has 0 amide bonds. The molecule has 166 valence electrons. The van der Waals surface area contributed by atoms with E-state index in [0.29, 0.717) is 31.1 Å².